The van der Waals surface area contributed by atoms with Crippen LogP contribution in [-0.4, -0.2) is 21.9 Å². The van der Waals surface area contributed by atoms with Gasteiger partial charge in [0.1, 0.15) is 5.01 Å². The summed E-state index contributed by atoms with van der Waals surface area (Å²) in [5.74, 6) is 0.479. The lowest BCUT2D eigenvalue weighted by molar-refractivity contribution is 0.249. The van der Waals surface area contributed by atoms with Gasteiger partial charge in [0.25, 0.3) is 0 Å². The number of alkyl halides is 1. The third-order valence-corrected chi connectivity index (χ3v) is 4.42. The smallest absolute Gasteiger partial charge is 0.110 e. The van der Waals surface area contributed by atoms with Gasteiger partial charge in [0.2, 0.25) is 0 Å². The van der Waals surface area contributed by atoms with Crippen molar-refractivity contribution in [3.05, 3.63) is 45.7 Å². The molecule has 0 spiro atoms. The monoisotopic (exact) mass is 295 g/mol. The van der Waals surface area contributed by atoms with E-state index in [1.165, 1.54) is 0 Å². The first-order chi connectivity index (χ1) is 9.10. The minimum Gasteiger partial charge on any atom is -0.291 e. The van der Waals surface area contributed by atoms with Gasteiger partial charge in [0, 0.05) is 17.6 Å². The summed E-state index contributed by atoms with van der Waals surface area (Å²) in [7, 11) is 2.09. The van der Waals surface area contributed by atoms with Crippen molar-refractivity contribution < 1.29 is 0 Å². The van der Waals surface area contributed by atoms with Crippen LogP contribution in [0.3, 0.4) is 0 Å². The van der Waals surface area contributed by atoms with Crippen LogP contribution in [0.1, 0.15) is 35.1 Å². The van der Waals surface area contributed by atoms with E-state index in [9.17, 15) is 0 Å². The Morgan fingerprint density at radius 3 is 2.74 bits per heavy atom. The third-order valence-electron chi connectivity index (χ3n) is 3.08. The van der Waals surface area contributed by atoms with Gasteiger partial charge in [-0.25, -0.2) is 4.98 Å². The number of halogens is 1. The van der Waals surface area contributed by atoms with E-state index in [0.29, 0.717) is 5.88 Å². The molecule has 0 aliphatic rings. The van der Waals surface area contributed by atoms with E-state index in [1.807, 2.05) is 24.4 Å². The van der Waals surface area contributed by atoms with Crippen LogP contribution in [0.2, 0.25) is 0 Å². The topological polar surface area (TPSA) is 29.0 Å². The first kappa shape index (κ1) is 14.4. The first-order valence-electron chi connectivity index (χ1n) is 6.23. The minimum absolute atomic E-state index is 0.268. The Hall–Kier alpha value is -0.970. The number of rotatable bonds is 5. The number of hydrogen-bond acceptors (Lipinski definition) is 4. The van der Waals surface area contributed by atoms with Crippen LogP contribution in [0.25, 0.3) is 0 Å². The molecule has 0 saturated carbocycles. The lowest BCUT2D eigenvalue weighted by Crippen LogP contribution is -2.22. The summed E-state index contributed by atoms with van der Waals surface area (Å²) < 4.78 is 0. The molecule has 2 aromatic rings. The highest BCUT2D eigenvalue weighted by atomic mass is 35.5. The number of aryl methyl sites for hydroxylation is 1. The summed E-state index contributed by atoms with van der Waals surface area (Å²) in [5, 5.41) is 3.13. The van der Waals surface area contributed by atoms with Crippen LogP contribution in [-0.2, 0) is 12.4 Å². The Bertz CT molecular complexity index is 541. The molecule has 0 radical (unpaired) electrons. The van der Waals surface area contributed by atoms with Crippen molar-refractivity contribution in [1.29, 1.82) is 0 Å². The van der Waals surface area contributed by atoms with Crippen LogP contribution in [0.15, 0.2) is 23.6 Å². The summed E-state index contributed by atoms with van der Waals surface area (Å²) >= 11 is 7.46. The van der Waals surface area contributed by atoms with E-state index in [-0.39, 0.29) is 6.04 Å². The third kappa shape index (κ3) is 3.75. The zero-order valence-corrected chi connectivity index (χ0v) is 13.0. The van der Waals surface area contributed by atoms with Crippen molar-refractivity contribution >= 4 is 22.9 Å². The molecule has 1 atom stereocenters. The quantitative estimate of drug-likeness (QED) is 0.786. The fraction of sp³-hybridized carbons (Fsp3) is 0.429. The zero-order valence-electron chi connectivity index (χ0n) is 11.4. The molecule has 102 valence electrons. The minimum atomic E-state index is 0.268. The molecule has 1 unspecified atom stereocenters. The molecule has 2 heterocycles. The zero-order chi connectivity index (χ0) is 13.8. The molecule has 0 aliphatic heterocycles. The molecule has 3 nitrogen and oxygen atoms in total. The molecule has 0 aromatic carbocycles. The van der Waals surface area contributed by atoms with Crippen LogP contribution in [0, 0.1) is 6.92 Å². The Balaban J connectivity index is 2.04. The molecular weight excluding hydrogens is 278 g/mol. The molecule has 2 rings (SSSR count). The summed E-state index contributed by atoms with van der Waals surface area (Å²) in [6.07, 6.45) is 0. The van der Waals surface area contributed by atoms with Crippen LogP contribution < -0.4 is 0 Å². The number of thiazole rings is 1. The maximum Gasteiger partial charge on any atom is 0.110 e. The maximum atomic E-state index is 5.79. The number of hydrogen-bond donors (Lipinski definition) is 0. The molecule has 0 amide bonds. The largest absolute Gasteiger partial charge is 0.291 e. The second kappa shape index (κ2) is 6.46. The molecule has 0 bridgehead atoms. The van der Waals surface area contributed by atoms with Gasteiger partial charge in [-0.2, -0.15) is 0 Å². The summed E-state index contributed by atoms with van der Waals surface area (Å²) in [6, 6.07) is 6.39. The van der Waals surface area contributed by atoms with Crippen LogP contribution >= 0.6 is 22.9 Å². The molecule has 0 fully saturated rings. The highest BCUT2D eigenvalue weighted by Crippen LogP contribution is 2.24. The highest BCUT2D eigenvalue weighted by Gasteiger charge is 2.16. The van der Waals surface area contributed by atoms with Crippen LogP contribution in [0.5, 0.6) is 0 Å². The van der Waals surface area contributed by atoms with Gasteiger partial charge in [-0.05, 0) is 33.0 Å². The summed E-state index contributed by atoms with van der Waals surface area (Å²) in [5.41, 5.74) is 3.09. The molecule has 5 heteroatoms. The standard InChI is InChI=1S/C14H18ClN3S/c1-10-5-4-6-12(16-10)8-18(3)11(2)14-17-13(7-15)9-19-14/h4-6,9,11H,7-8H2,1-3H3. The SMILES string of the molecule is Cc1cccc(CN(C)C(C)c2nc(CCl)cs2)n1. The number of nitrogens with zero attached hydrogens (tertiary/aromatic N) is 3. The molecule has 0 N–H and O–H groups in total. The van der Waals surface area contributed by atoms with E-state index in [4.69, 9.17) is 11.6 Å². The van der Waals surface area contributed by atoms with Gasteiger partial charge in [0.15, 0.2) is 0 Å². The highest BCUT2D eigenvalue weighted by molar-refractivity contribution is 7.09. The van der Waals surface area contributed by atoms with Crippen LogP contribution in [0.4, 0.5) is 0 Å². The maximum absolute atomic E-state index is 5.79. The Morgan fingerprint density at radius 1 is 1.32 bits per heavy atom. The Kier molecular flexibility index (Phi) is 4.91. The number of pyridine rings is 1. The van der Waals surface area contributed by atoms with Crippen molar-refractivity contribution in [3.8, 4) is 0 Å². The van der Waals surface area contributed by atoms with Gasteiger partial charge in [0.05, 0.1) is 23.3 Å². The second-order valence-corrected chi connectivity index (χ2v) is 5.83. The van der Waals surface area contributed by atoms with Gasteiger partial charge in [-0.3, -0.25) is 9.88 Å². The lowest BCUT2D eigenvalue weighted by atomic mass is 10.2. The molecule has 0 aliphatic carbocycles. The second-order valence-electron chi connectivity index (χ2n) is 4.67. The fourth-order valence-electron chi connectivity index (χ4n) is 1.84. The van der Waals surface area contributed by atoms with Crippen molar-refractivity contribution in [2.75, 3.05) is 7.05 Å². The van der Waals surface area contributed by atoms with Gasteiger partial charge >= 0.3 is 0 Å². The normalized spacial score (nSPS) is 12.9. The van der Waals surface area contributed by atoms with E-state index in [1.54, 1.807) is 11.3 Å². The Labute approximate surface area is 123 Å². The summed E-state index contributed by atoms with van der Waals surface area (Å²) in [4.78, 5) is 11.3. The lowest BCUT2D eigenvalue weighted by Gasteiger charge is -2.22. The average molecular weight is 296 g/mol. The molecule has 19 heavy (non-hydrogen) atoms. The van der Waals surface area contributed by atoms with E-state index in [2.05, 4.69) is 34.9 Å². The van der Waals surface area contributed by atoms with Crippen molar-refractivity contribution in [1.82, 2.24) is 14.9 Å². The van der Waals surface area contributed by atoms with Gasteiger partial charge < -0.3 is 0 Å². The van der Waals surface area contributed by atoms with Gasteiger partial charge in [-0.1, -0.05) is 6.07 Å². The van der Waals surface area contributed by atoms with E-state index in [0.717, 1.165) is 28.6 Å². The predicted octanol–water partition coefficient (Wildman–Crippen LogP) is 3.78. The molecule has 0 saturated heterocycles. The summed E-state index contributed by atoms with van der Waals surface area (Å²) in [6.45, 7) is 4.99. The van der Waals surface area contributed by atoms with Crippen molar-refractivity contribution in [2.24, 2.45) is 0 Å². The van der Waals surface area contributed by atoms with E-state index < -0.39 is 0 Å². The fourth-order valence-corrected chi connectivity index (χ4v) is 3.01. The van der Waals surface area contributed by atoms with Gasteiger partial charge in [-0.15, -0.1) is 22.9 Å². The Morgan fingerprint density at radius 2 is 2.11 bits per heavy atom. The molecular formula is C14H18ClN3S. The first-order valence-corrected chi connectivity index (χ1v) is 7.64. The molecule has 2 aromatic heterocycles. The van der Waals surface area contributed by atoms with Crippen molar-refractivity contribution in [3.63, 3.8) is 0 Å². The predicted molar refractivity (Wildman–Crippen MR) is 80.5 cm³/mol. The number of aromatic nitrogens is 2. The van der Waals surface area contributed by atoms with E-state index >= 15 is 0 Å². The van der Waals surface area contributed by atoms with Crippen molar-refractivity contribution in [2.45, 2.75) is 32.3 Å². The average Bonchev–Trinajstić information content (AvgIpc) is 2.86.